The van der Waals surface area contributed by atoms with Crippen LogP contribution in [0.25, 0.3) is 0 Å². The molecule has 0 bridgehead atoms. The van der Waals surface area contributed by atoms with E-state index in [1.807, 2.05) is 6.92 Å². The first-order valence-electron chi connectivity index (χ1n) is 6.06. The summed E-state index contributed by atoms with van der Waals surface area (Å²) in [4.78, 5) is 26.7. The number of nitrogen functional groups attached to an aromatic ring is 1. The third-order valence-corrected chi connectivity index (χ3v) is 2.47. The van der Waals surface area contributed by atoms with Crippen LogP contribution in [-0.4, -0.2) is 29.4 Å². The molecule has 19 heavy (non-hydrogen) atoms. The van der Waals surface area contributed by atoms with E-state index in [9.17, 15) is 9.59 Å². The number of hydrogen-bond donors (Lipinski definition) is 4. The van der Waals surface area contributed by atoms with Crippen molar-refractivity contribution >= 4 is 23.3 Å². The summed E-state index contributed by atoms with van der Waals surface area (Å²) < 4.78 is 0. The molecule has 0 fully saturated rings. The SMILES string of the molecule is CCCNC(=O)C(C)Nc1nc(C(N)=O)ccc1N. The van der Waals surface area contributed by atoms with Crippen molar-refractivity contribution in [1.29, 1.82) is 0 Å². The van der Waals surface area contributed by atoms with Crippen LogP contribution >= 0.6 is 0 Å². The molecule has 0 aliphatic heterocycles. The summed E-state index contributed by atoms with van der Waals surface area (Å²) in [5.41, 5.74) is 11.3. The molecule has 1 heterocycles. The lowest BCUT2D eigenvalue weighted by Gasteiger charge is -2.16. The summed E-state index contributed by atoms with van der Waals surface area (Å²) in [6.45, 7) is 4.26. The van der Waals surface area contributed by atoms with E-state index in [4.69, 9.17) is 11.5 Å². The second-order valence-corrected chi connectivity index (χ2v) is 4.16. The zero-order valence-electron chi connectivity index (χ0n) is 11.1. The highest BCUT2D eigenvalue weighted by Crippen LogP contribution is 2.16. The number of anilines is 2. The van der Waals surface area contributed by atoms with Gasteiger partial charge in [0.25, 0.3) is 5.91 Å². The monoisotopic (exact) mass is 265 g/mol. The van der Waals surface area contributed by atoms with Gasteiger partial charge in [-0.05, 0) is 25.5 Å². The molecule has 2 amide bonds. The van der Waals surface area contributed by atoms with Gasteiger partial charge in [0.2, 0.25) is 5.91 Å². The Labute approximate surface area is 111 Å². The van der Waals surface area contributed by atoms with Crippen molar-refractivity contribution in [2.24, 2.45) is 5.73 Å². The van der Waals surface area contributed by atoms with E-state index in [1.165, 1.54) is 12.1 Å². The zero-order valence-corrected chi connectivity index (χ0v) is 11.1. The van der Waals surface area contributed by atoms with Gasteiger partial charge in [-0.3, -0.25) is 9.59 Å². The van der Waals surface area contributed by atoms with E-state index in [1.54, 1.807) is 6.92 Å². The van der Waals surface area contributed by atoms with Gasteiger partial charge in [0.15, 0.2) is 5.82 Å². The predicted molar refractivity (Wildman–Crippen MR) is 73.6 cm³/mol. The Morgan fingerprint density at radius 3 is 2.68 bits per heavy atom. The Morgan fingerprint density at radius 1 is 1.42 bits per heavy atom. The Hall–Kier alpha value is -2.31. The topological polar surface area (TPSA) is 123 Å². The van der Waals surface area contributed by atoms with Crippen molar-refractivity contribution in [2.75, 3.05) is 17.6 Å². The molecule has 0 aromatic carbocycles. The summed E-state index contributed by atoms with van der Waals surface area (Å²) in [6.07, 6.45) is 0.857. The average molecular weight is 265 g/mol. The van der Waals surface area contributed by atoms with E-state index in [0.717, 1.165) is 6.42 Å². The van der Waals surface area contributed by atoms with Gasteiger partial charge in [-0.2, -0.15) is 0 Å². The molecule has 6 N–H and O–H groups in total. The molecule has 7 heteroatoms. The molecule has 1 aromatic heterocycles. The number of amides is 2. The molecule has 7 nitrogen and oxygen atoms in total. The lowest BCUT2D eigenvalue weighted by Crippen LogP contribution is -2.38. The number of pyridine rings is 1. The summed E-state index contributed by atoms with van der Waals surface area (Å²) >= 11 is 0. The molecule has 1 atom stereocenters. The van der Waals surface area contributed by atoms with E-state index in [2.05, 4.69) is 15.6 Å². The van der Waals surface area contributed by atoms with Crippen LogP contribution in [0.3, 0.4) is 0 Å². The number of nitrogens with zero attached hydrogens (tertiary/aromatic N) is 1. The third-order valence-electron chi connectivity index (χ3n) is 2.47. The largest absolute Gasteiger partial charge is 0.396 e. The number of carbonyl (C=O) groups is 2. The van der Waals surface area contributed by atoms with E-state index >= 15 is 0 Å². The van der Waals surface area contributed by atoms with Crippen molar-refractivity contribution in [3.05, 3.63) is 17.8 Å². The van der Waals surface area contributed by atoms with Gasteiger partial charge in [-0.25, -0.2) is 4.98 Å². The van der Waals surface area contributed by atoms with Gasteiger partial charge in [0.05, 0.1) is 5.69 Å². The van der Waals surface area contributed by atoms with Gasteiger partial charge in [0, 0.05) is 6.54 Å². The van der Waals surface area contributed by atoms with Crippen molar-refractivity contribution in [3.8, 4) is 0 Å². The lowest BCUT2D eigenvalue weighted by atomic mass is 10.2. The molecule has 1 rings (SSSR count). The first kappa shape index (κ1) is 14.7. The predicted octanol–water partition coefficient (Wildman–Crippen LogP) is 0.0893. The highest BCUT2D eigenvalue weighted by molar-refractivity contribution is 5.92. The third kappa shape index (κ3) is 4.13. The quantitative estimate of drug-likeness (QED) is 0.580. The molecule has 0 saturated heterocycles. The van der Waals surface area contributed by atoms with Crippen molar-refractivity contribution in [2.45, 2.75) is 26.3 Å². The van der Waals surface area contributed by atoms with Crippen molar-refractivity contribution < 1.29 is 9.59 Å². The number of hydrogen-bond acceptors (Lipinski definition) is 5. The normalized spacial score (nSPS) is 11.7. The molecule has 0 aliphatic rings. The smallest absolute Gasteiger partial charge is 0.267 e. The Bertz CT molecular complexity index is 475. The van der Waals surface area contributed by atoms with E-state index in [0.29, 0.717) is 12.2 Å². The average Bonchev–Trinajstić information content (AvgIpc) is 2.38. The zero-order chi connectivity index (χ0) is 14.4. The number of primary amides is 1. The highest BCUT2D eigenvalue weighted by atomic mass is 16.2. The van der Waals surface area contributed by atoms with Crippen molar-refractivity contribution in [1.82, 2.24) is 10.3 Å². The highest BCUT2D eigenvalue weighted by Gasteiger charge is 2.15. The summed E-state index contributed by atoms with van der Waals surface area (Å²) in [7, 11) is 0. The first-order chi connectivity index (χ1) is 8.95. The van der Waals surface area contributed by atoms with E-state index in [-0.39, 0.29) is 17.4 Å². The van der Waals surface area contributed by atoms with Crippen LogP contribution in [0.4, 0.5) is 11.5 Å². The van der Waals surface area contributed by atoms with Crippen LogP contribution in [0.15, 0.2) is 12.1 Å². The minimum Gasteiger partial charge on any atom is -0.396 e. The summed E-state index contributed by atoms with van der Waals surface area (Å²) in [5.74, 6) is -0.533. The lowest BCUT2D eigenvalue weighted by molar-refractivity contribution is -0.121. The minimum atomic E-state index is -0.647. The van der Waals surface area contributed by atoms with Crippen LogP contribution in [-0.2, 0) is 4.79 Å². The molecular weight excluding hydrogens is 246 g/mol. The molecule has 0 saturated carbocycles. The number of carbonyl (C=O) groups excluding carboxylic acids is 2. The second-order valence-electron chi connectivity index (χ2n) is 4.16. The maximum atomic E-state index is 11.7. The van der Waals surface area contributed by atoms with Gasteiger partial charge < -0.3 is 22.1 Å². The molecule has 0 radical (unpaired) electrons. The van der Waals surface area contributed by atoms with Crippen LogP contribution in [0.2, 0.25) is 0 Å². The van der Waals surface area contributed by atoms with Gasteiger partial charge in [-0.15, -0.1) is 0 Å². The fourth-order valence-corrected chi connectivity index (χ4v) is 1.39. The molecule has 104 valence electrons. The summed E-state index contributed by atoms with van der Waals surface area (Å²) in [5, 5.41) is 5.61. The first-order valence-corrected chi connectivity index (χ1v) is 6.06. The van der Waals surface area contributed by atoms with Crippen LogP contribution in [0.5, 0.6) is 0 Å². The number of nitrogens with one attached hydrogen (secondary N) is 2. The number of rotatable bonds is 6. The van der Waals surface area contributed by atoms with Gasteiger partial charge in [-0.1, -0.05) is 6.92 Å². The van der Waals surface area contributed by atoms with Crippen LogP contribution < -0.4 is 22.1 Å². The van der Waals surface area contributed by atoms with Crippen molar-refractivity contribution in [3.63, 3.8) is 0 Å². The maximum absolute atomic E-state index is 11.7. The Morgan fingerprint density at radius 2 is 2.11 bits per heavy atom. The number of aromatic nitrogens is 1. The Kier molecular flexibility index (Phi) is 5.11. The molecule has 1 unspecified atom stereocenters. The second kappa shape index (κ2) is 6.58. The van der Waals surface area contributed by atoms with E-state index < -0.39 is 11.9 Å². The maximum Gasteiger partial charge on any atom is 0.267 e. The molecular formula is C12H19N5O2. The van der Waals surface area contributed by atoms with Gasteiger partial charge >= 0.3 is 0 Å². The minimum absolute atomic E-state index is 0.0952. The van der Waals surface area contributed by atoms with Crippen LogP contribution in [0.1, 0.15) is 30.8 Å². The molecule has 1 aromatic rings. The van der Waals surface area contributed by atoms with Crippen LogP contribution in [0, 0.1) is 0 Å². The summed E-state index contributed by atoms with van der Waals surface area (Å²) in [6, 6.07) is 2.45. The molecule has 0 aliphatic carbocycles. The fourth-order valence-electron chi connectivity index (χ4n) is 1.39. The molecule has 0 spiro atoms. The Balaban J connectivity index is 2.78. The number of nitrogens with two attached hydrogens (primary N) is 2. The standard InChI is InChI=1S/C12H19N5O2/c1-3-6-15-12(19)7(2)16-11-8(13)4-5-9(17-11)10(14)18/h4-5,7H,3,6,13H2,1-2H3,(H2,14,18)(H,15,19)(H,16,17). The van der Waals surface area contributed by atoms with Gasteiger partial charge in [0.1, 0.15) is 11.7 Å². The fraction of sp³-hybridized carbons (Fsp3) is 0.417.